The molecule has 1 amide bonds. The maximum absolute atomic E-state index is 12.8. The number of aliphatic hydroxyl groups is 1. The molecule has 0 unspecified atom stereocenters. The molecule has 2 atom stereocenters. The minimum Gasteiger partial charge on any atom is -0.484 e. The van der Waals surface area contributed by atoms with Crippen LogP contribution in [0.25, 0.3) is 11.0 Å². The molecule has 0 spiro atoms. The first kappa shape index (κ1) is 21.1. The molecule has 0 saturated carbocycles. The molecule has 1 fully saturated rings. The van der Waals surface area contributed by atoms with E-state index in [0.29, 0.717) is 24.3 Å². The number of fused-ring (bicyclic) bond motifs is 1. The maximum Gasteiger partial charge on any atom is 0.336 e. The highest BCUT2D eigenvalue weighted by Crippen LogP contribution is 2.37. The zero-order valence-corrected chi connectivity index (χ0v) is 17.7. The van der Waals surface area contributed by atoms with Crippen LogP contribution >= 0.6 is 0 Å². The molecule has 1 aliphatic heterocycles. The van der Waals surface area contributed by atoms with Crippen LogP contribution in [0.15, 0.2) is 69.9 Å². The van der Waals surface area contributed by atoms with Crippen molar-refractivity contribution in [1.82, 2.24) is 9.80 Å². The molecule has 1 aliphatic rings. The van der Waals surface area contributed by atoms with Crippen molar-refractivity contribution in [2.75, 3.05) is 33.8 Å². The molecule has 162 valence electrons. The molecule has 1 aromatic heterocycles. The molecule has 3 aromatic rings. The summed E-state index contributed by atoms with van der Waals surface area (Å²) in [5.41, 5.74) is 0.457. The smallest absolute Gasteiger partial charge is 0.336 e. The second-order valence-electron chi connectivity index (χ2n) is 8.03. The maximum atomic E-state index is 12.8. The van der Waals surface area contributed by atoms with Crippen molar-refractivity contribution in [1.29, 1.82) is 0 Å². The SMILES string of the molecule is CN(C)[C@@]1(c2ccccc2)CCN(C(=O)COc2ccc3ccc(=O)oc3c2)C[C@@H]1O. The van der Waals surface area contributed by atoms with Crippen molar-refractivity contribution in [3.63, 3.8) is 0 Å². The van der Waals surface area contributed by atoms with Gasteiger partial charge in [0.15, 0.2) is 6.61 Å². The third-order valence-corrected chi connectivity index (χ3v) is 6.09. The number of amides is 1. The average Bonchev–Trinajstić information content (AvgIpc) is 2.77. The van der Waals surface area contributed by atoms with Gasteiger partial charge in [-0.1, -0.05) is 30.3 Å². The van der Waals surface area contributed by atoms with Crippen LogP contribution in [0.2, 0.25) is 0 Å². The monoisotopic (exact) mass is 422 g/mol. The van der Waals surface area contributed by atoms with E-state index in [1.807, 2.05) is 49.3 Å². The lowest BCUT2D eigenvalue weighted by Crippen LogP contribution is -2.61. The summed E-state index contributed by atoms with van der Waals surface area (Å²) in [4.78, 5) is 27.8. The first-order valence-corrected chi connectivity index (χ1v) is 10.3. The number of rotatable bonds is 5. The van der Waals surface area contributed by atoms with Crippen molar-refractivity contribution in [2.24, 2.45) is 0 Å². The highest BCUT2D eigenvalue weighted by atomic mass is 16.5. The normalized spacial score (nSPS) is 21.4. The highest BCUT2D eigenvalue weighted by Gasteiger charge is 2.46. The van der Waals surface area contributed by atoms with E-state index >= 15 is 0 Å². The van der Waals surface area contributed by atoms with E-state index in [1.165, 1.54) is 6.07 Å². The van der Waals surface area contributed by atoms with E-state index in [1.54, 1.807) is 29.2 Å². The van der Waals surface area contributed by atoms with Crippen molar-refractivity contribution in [2.45, 2.75) is 18.1 Å². The number of carbonyl (C=O) groups excluding carboxylic acids is 1. The van der Waals surface area contributed by atoms with Crippen LogP contribution in [0.3, 0.4) is 0 Å². The topological polar surface area (TPSA) is 83.2 Å². The lowest BCUT2D eigenvalue weighted by atomic mass is 9.77. The lowest BCUT2D eigenvalue weighted by Gasteiger charge is -2.49. The average molecular weight is 422 g/mol. The minimum atomic E-state index is -0.738. The molecule has 1 saturated heterocycles. The fourth-order valence-corrected chi connectivity index (χ4v) is 4.36. The summed E-state index contributed by atoms with van der Waals surface area (Å²) in [7, 11) is 3.91. The van der Waals surface area contributed by atoms with Gasteiger partial charge in [-0.3, -0.25) is 9.69 Å². The Morgan fingerprint density at radius 3 is 2.65 bits per heavy atom. The molecule has 4 rings (SSSR count). The minimum absolute atomic E-state index is 0.157. The van der Waals surface area contributed by atoms with E-state index in [9.17, 15) is 14.7 Å². The molecular weight excluding hydrogens is 396 g/mol. The van der Waals surface area contributed by atoms with Crippen LogP contribution in [0.4, 0.5) is 0 Å². The first-order chi connectivity index (χ1) is 14.9. The fourth-order valence-electron chi connectivity index (χ4n) is 4.36. The summed E-state index contributed by atoms with van der Waals surface area (Å²) >= 11 is 0. The van der Waals surface area contributed by atoms with Crippen molar-refractivity contribution < 1.29 is 19.1 Å². The lowest BCUT2D eigenvalue weighted by molar-refractivity contribution is -0.142. The zero-order valence-electron chi connectivity index (χ0n) is 17.7. The molecule has 0 aliphatic carbocycles. The molecular formula is C24H26N2O5. The number of hydrogen-bond donors (Lipinski definition) is 1. The van der Waals surface area contributed by atoms with Crippen LogP contribution < -0.4 is 10.4 Å². The summed E-state index contributed by atoms with van der Waals surface area (Å²) in [5, 5.41) is 11.9. The van der Waals surface area contributed by atoms with Gasteiger partial charge in [-0.05, 0) is 44.3 Å². The molecule has 1 N–H and O–H groups in total. The third kappa shape index (κ3) is 4.06. The van der Waals surface area contributed by atoms with Gasteiger partial charge in [0.2, 0.25) is 0 Å². The summed E-state index contributed by atoms with van der Waals surface area (Å²) in [6.45, 7) is 0.580. The number of benzene rings is 2. The number of nitrogens with zero attached hydrogens (tertiary/aromatic N) is 2. The molecule has 2 aromatic carbocycles. The molecule has 7 nitrogen and oxygen atoms in total. The van der Waals surface area contributed by atoms with Crippen LogP contribution in [-0.4, -0.2) is 60.7 Å². The predicted molar refractivity (Wildman–Crippen MR) is 117 cm³/mol. The van der Waals surface area contributed by atoms with Crippen LogP contribution in [0.1, 0.15) is 12.0 Å². The van der Waals surface area contributed by atoms with E-state index < -0.39 is 17.3 Å². The Morgan fingerprint density at radius 1 is 1.19 bits per heavy atom. The second kappa shape index (κ2) is 8.53. The van der Waals surface area contributed by atoms with Gasteiger partial charge >= 0.3 is 5.63 Å². The standard InChI is InChI=1S/C24H26N2O5/c1-25(2)24(18-6-4-3-5-7-18)12-13-26(15-21(24)27)22(28)16-30-19-10-8-17-9-11-23(29)31-20(17)14-19/h3-11,14,21,27H,12-13,15-16H2,1-2H3/t21-,24+/m0/s1. The molecule has 2 heterocycles. The van der Waals surface area contributed by atoms with Gasteiger partial charge in [0, 0.05) is 30.6 Å². The number of ether oxygens (including phenoxy) is 1. The largest absolute Gasteiger partial charge is 0.484 e. The van der Waals surface area contributed by atoms with Gasteiger partial charge in [0.1, 0.15) is 11.3 Å². The number of β-amino-alcohol motifs (C(OH)–C–C–N with tert-alkyl or cyclic N) is 1. The second-order valence-corrected chi connectivity index (χ2v) is 8.03. The summed E-state index contributed by atoms with van der Waals surface area (Å²) in [5.74, 6) is 0.244. The van der Waals surface area contributed by atoms with Crippen LogP contribution in [0, 0.1) is 0 Å². The summed E-state index contributed by atoms with van der Waals surface area (Å²) in [6.07, 6.45) is -0.129. The number of aliphatic hydroxyl groups excluding tert-OH is 1. The van der Waals surface area contributed by atoms with Crippen LogP contribution in [0.5, 0.6) is 5.75 Å². The van der Waals surface area contributed by atoms with Gasteiger partial charge in [-0.15, -0.1) is 0 Å². The number of likely N-dealkylation sites (tertiary alicyclic amines) is 1. The molecule has 0 bridgehead atoms. The Kier molecular flexibility index (Phi) is 5.80. The van der Waals surface area contributed by atoms with E-state index in [2.05, 4.69) is 0 Å². The summed E-state index contributed by atoms with van der Waals surface area (Å²) < 4.78 is 10.8. The van der Waals surface area contributed by atoms with Crippen molar-refractivity contribution in [3.8, 4) is 5.75 Å². The predicted octanol–water partition coefficient (Wildman–Crippen LogP) is 2.22. The van der Waals surface area contributed by atoms with Crippen molar-refractivity contribution in [3.05, 3.63) is 76.6 Å². The zero-order chi connectivity index (χ0) is 22.0. The van der Waals surface area contributed by atoms with E-state index in [0.717, 1.165) is 10.9 Å². The molecule has 31 heavy (non-hydrogen) atoms. The Hall–Kier alpha value is -3.16. The van der Waals surface area contributed by atoms with Gasteiger partial charge in [-0.25, -0.2) is 4.79 Å². The molecule has 0 radical (unpaired) electrons. The van der Waals surface area contributed by atoms with Gasteiger partial charge < -0.3 is 19.2 Å². The Balaban J connectivity index is 1.43. The Morgan fingerprint density at radius 2 is 1.94 bits per heavy atom. The first-order valence-electron chi connectivity index (χ1n) is 10.3. The number of piperidine rings is 1. The van der Waals surface area contributed by atoms with E-state index in [-0.39, 0.29) is 19.1 Å². The highest BCUT2D eigenvalue weighted by molar-refractivity contribution is 5.79. The Bertz CT molecular complexity index is 1130. The Labute approximate surface area is 180 Å². The van der Waals surface area contributed by atoms with E-state index in [4.69, 9.17) is 9.15 Å². The number of carbonyl (C=O) groups is 1. The van der Waals surface area contributed by atoms with Gasteiger partial charge in [0.05, 0.1) is 11.6 Å². The van der Waals surface area contributed by atoms with Crippen LogP contribution in [-0.2, 0) is 10.3 Å². The third-order valence-electron chi connectivity index (χ3n) is 6.09. The quantitative estimate of drug-likeness (QED) is 0.635. The summed E-state index contributed by atoms with van der Waals surface area (Å²) in [6, 6.07) is 18.0. The van der Waals surface area contributed by atoms with Crippen molar-refractivity contribution >= 4 is 16.9 Å². The fraction of sp³-hybridized carbons (Fsp3) is 0.333. The van der Waals surface area contributed by atoms with Gasteiger partial charge in [0.25, 0.3) is 5.91 Å². The molecule has 7 heteroatoms. The van der Waals surface area contributed by atoms with Gasteiger partial charge in [-0.2, -0.15) is 0 Å². The number of hydrogen-bond acceptors (Lipinski definition) is 6. The number of likely N-dealkylation sites (N-methyl/N-ethyl adjacent to an activating group) is 1.